The number of amides is 1. The molecule has 0 aliphatic carbocycles. The average Bonchev–Trinajstić information content (AvgIpc) is 3.08. The molecule has 134 valence electrons. The Kier molecular flexibility index (Phi) is 5.78. The van der Waals surface area contributed by atoms with Crippen molar-refractivity contribution in [2.75, 3.05) is 12.3 Å². The number of hydrogen-bond acceptors (Lipinski definition) is 4. The molecule has 25 heavy (non-hydrogen) atoms. The summed E-state index contributed by atoms with van der Waals surface area (Å²) in [6.07, 6.45) is 6.24. The van der Waals surface area contributed by atoms with Crippen molar-refractivity contribution in [1.29, 1.82) is 0 Å². The van der Waals surface area contributed by atoms with Crippen LogP contribution in [0.4, 0.5) is 0 Å². The Bertz CT molecular complexity index is 743. The fraction of sp³-hybridized carbons (Fsp3) is 0.526. The Hall–Kier alpha value is -1.82. The first-order valence-electron chi connectivity index (χ1n) is 9.00. The van der Waals surface area contributed by atoms with Gasteiger partial charge in [-0.2, -0.15) is 0 Å². The molecule has 3 rings (SSSR count). The first kappa shape index (κ1) is 18.0. The number of rotatable bonds is 5. The second-order valence-corrected chi connectivity index (χ2v) is 7.65. The van der Waals surface area contributed by atoms with Crippen molar-refractivity contribution in [3.05, 3.63) is 35.7 Å². The Labute approximate surface area is 153 Å². The second kappa shape index (κ2) is 8.04. The van der Waals surface area contributed by atoms with Gasteiger partial charge in [0.1, 0.15) is 6.33 Å². The van der Waals surface area contributed by atoms with Gasteiger partial charge in [0.2, 0.25) is 5.91 Å². The maximum absolute atomic E-state index is 12.7. The average molecular weight is 359 g/mol. The first-order chi connectivity index (χ1) is 12.1. The molecule has 1 aromatic heterocycles. The number of aromatic nitrogens is 3. The van der Waals surface area contributed by atoms with Crippen LogP contribution in [0.25, 0.3) is 5.69 Å². The van der Waals surface area contributed by atoms with Crippen LogP contribution in [-0.4, -0.2) is 43.9 Å². The molecular formula is C19H26N4OS. The molecule has 1 fully saturated rings. The zero-order chi connectivity index (χ0) is 17.8. The van der Waals surface area contributed by atoms with Crippen LogP contribution >= 0.6 is 11.8 Å². The molecule has 6 heteroatoms. The highest BCUT2D eigenvalue weighted by Crippen LogP contribution is 2.25. The third-order valence-corrected chi connectivity index (χ3v) is 5.80. The van der Waals surface area contributed by atoms with Crippen LogP contribution in [0, 0.1) is 13.8 Å². The standard InChI is InChI=1S/C19H26N4OS/c1-4-16-7-5-6-10-22(16)18(24)12-25-19-21-20-13-23(19)17-9-8-14(2)11-15(17)3/h8-9,11,13,16H,4-7,10,12H2,1-3H3/t16-/m1/s1. The summed E-state index contributed by atoms with van der Waals surface area (Å²) in [4.78, 5) is 14.7. The number of thioether (sulfide) groups is 1. The Morgan fingerprint density at radius 3 is 2.92 bits per heavy atom. The van der Waals surface area contributed by atoms with Crippen LogP contribution in [0.15, 0.2) is 29.7 Å². The summed E-state index contributed by atoms with van der Waals surface area (Å²) >= 11 is 1.47. The third-order valence-electron chi connectivity index (χ3n) is 4.87. The van der Waals surface area contributed by atoms with E-state index < -0.39 is 0 Å². The number of hydrogen-bond donors (Lipinski definition) is 0. The van der Waals surface area contributed by atoms with E-state index in [1.807, 2.05) is 4.57 Å². The minimum Gasteiger partial charge on any atom is -0.339 e. The summed E-state index contributed by atoms with van der Waals surface area (Å²) < 4.78 is 1.97. The van der Waals surface area contributed by atoms with E-state index in [4.69, 9.17) is 0 Å². The molecule has 1 atom stereocenters. The lowest BCUT2D eigenvalue weighted by molar-refractivity contribution is -0.132. The number of aryl methyl sites for hydroxylation is 2. The largest absolute Gasteiger partial charge is 0.339 e. The van der Waals surface area contributed by atoms with Crippen LogP contribution in [0.1, 0.15) is 43.7 Å². The predicted octanol–water partition coefficient (Wildman–Crippen LogP) is 3.77. The number of benzene rings is 1. The lowest BCUT2D eigenvalue weighted by Crippen LogP contribution is -2.44. The minimum absolute atomic E-state index is 0.215. The van der Waals surface area contributed by atoms with Crippen LogP contribution in [-0.2, 0) is 4.79 Å². The predicted molar refractivity (Wildman–Crippen MR) is 101 cm³/mol. The topological polar surface area (TPSA) is 51.0 Å². The Morgan fingerprint density at radius 1 is 1.32 bits per heavy atom. The Morgan fingerprint density at radius 2 is 2.16 bits per heavy atom. The summed E-state index contributed by atoms with van der Waals surface area (Å²) in [5.74, 6) is 0.631. The molecule has 2 aromatic rings. The van der Waals surface area contributed by atoms with E-state index in [9.17, 15) is 4.79 Å². The molecule has 0 unspecified atom stereocenters. The number of carbonyl (C=O) groups excluding carboxylic acids is 1. The number of nitrogens with zero attached hydrogens (tertiary/aromatic N) is 4. The summed E-state index contributed by atoms with van der Waals surface area (Å²) in [5, 5.41) is 9.04. The molecular weight excluding hydrogens is 332 g/mol. The lowest BCUT2D eigenvalue weighted by atomic mass is 10.0. The third kappa shape index (κ3) is 4.06. The molecule has 5 nitrogen and oxygen atoms in total. The quantitative estimate of drug-likeness (QED) is 0.764. The van der Waals surface area contributed by atoms with Crippen molar-refractivity contribution in [2.45, 2.75) is 57.7 Å². The molecule has 1 aromatic carbocycles. The molecule has 0 spiro atoms. The molecule has 1 aliphatic heterocycles. The van der Waals surface area contributed by atoms with Gasteiger partial charge in [0.05, 0.1) is 11.4 Å². The van der Waals surface area contributed by atoms with Crippen molar-refractivity contribution >= 4 is 17.7 Å². The van der Waals surface area contributed by atoms with Crippen molar-refractivity contribution in [1.82, 2.24) is 19.7 Å². The van der Waals surface area contributed by atoms with Crippen molar-refractivity contribution < 1.29 is 4.79 Å². The van der Waals surface area contributed by atoms with E-state index in [2.05, 4.69) is 54.1 Å². The lowest BCUT2D eigenvalue weighted by Gasteiger charge is -2.35. The minimum atomic E-state index is 0.215. The van der Waals surface area contributed by atoms with Crippen molar-refractivity contribution in [3.63, 3.8) is 0 Å². The van der Waals surface area contributed by atoms with Crippen LogP contribution in [0.3, 0.4) is 0 Å². The smallest absolute Gasteiger partial charge is 0.233 e. The van der Waals surface area contributed by atoms with Crippen LogP contribution in [0.5, 0.6) is 0 Å². The van der Waals surface area contributed by atoms with E-state index in [1.165, 1.54) is 29.3 Å². The first-order valence-corrected chi connectivity index (χ1v) is 9.98. The normalized spacial score (nSPS) is 17.7. The Balaban J connectivity index is 1.70. The molecule has 1 aliphatic rings. The highest BCUT2D eigenvalue weighted by Gasteiger charge is 2.25. The van der Waals surface area contributed by atoms with E-state index >= 15 is 0 Å². The van der Waals surface area contributed by atoms with Gasteiger partial charge in [-0.05, 0) is 51.2 Å². The maximum atomic E-state index is 12.7. The monoisotopic (exact) mass is 358 g/mol. The van der Waals surface area contributed by atoms with Gasteiger partial charge in [-0.1, -0.05) is 36.4 Å². The summed E-state index contributed by atoms with van der Waals surface area (Å²) in [5.41, 5.74) is 3.47. The molecule has 1 saturated heterocycles. The van der Waals surface area contributed by atoms with E-state index in [0.717, 1.165) is 36.7 Å². The fourth-order valence-electron chi connectivity index (χ4n) is 3.53. The van der Waals surface area contributed by atoms with Crippen molar-refractivity contribution in [2.24, 2.45) is 0 Å². The van der Waals surface area contributed by atoms with Crippen LogP contribution < -0.4 is 0 Å². The van der Waals surface area contributed by atoms with Gasteiger partial charge in [-0.3, -0.25) is 9.36 Å². The zero-order valence-electron chi connectivity index (χ0n) is 15.2. The van der Waals surface area contributed by atoms with Gasteiger partial charge in [-0.15, -0.1) is 10.2 Å². The highest BCUT2D eigenvalue weighted by atomic mass is 32.2. The highest BCUT2D eigenvalue weighted by molar-refractivity contribution is 7.99. The van der Waals surface area contributed by atoms with Crippen LogP contribution in [0.2, 0.25) is 0 Å². The van der Waals surface area contributed by atoms with Gasteiger partial charge in [0.25, 0.3) is 0 Å². The van der Waals surface area contributed by atoms with Gasteiger partial charge < -0.3 is 4.90 Å². The summed E-state index contributed by atoms with van der Waals surface area (Å²) in [7, 11) is 0. The van der Waals surface area contributed by atoms with E-state index in [1.54, 1.807) is 6.33 Å². The number of piperidine rings is 1. The van der Waals surface area contributed by atoms with Gasteiger partial charge in [0, 0.05) is 12.6 Å². The zero-order valence-corrected chi connectivity index (χ0v) is 16.1. The van der Waals surface area contributed by atoms with Gasteiger partial charge in [0.15, 0.2) is 5.16 Å². The molecule has 0 bridgehead atoms. The molecule has 2 heterocycles. The second-order valence-electron chi connectivity index (χ2n) is 6.71. The van der Waals surface area contributed by atoms with Gasteiger partial charge in [-0.25, -0.2) is 0 Å². The summed E-state index contributed by atoms with van der Waals surface area (Å²) in [6.45, 7) is 7.23. The number of carbonyl (C=O) groups is 1. The maximum Gasteiger partial charge on any atom is 0.233 e. The van der Waals surface area contributed by atoms with Gasteiger partial charge >= 0.3 is 0 Å². The van der Waals surface area contributed by atoms with Crippen molar-refractivity contribution in [3.8, 4) is 5.69 Å². The SMILES string of the molecule is CC[C@@H]1CCCCN1C(=O)CSc1nncn1-c1ccc(C)cc1C. The molecule has 0 saturated carbocycles. The molecule has 0 radical (unpaired) electrons. The molecule has 1 amide bonds. The summed E-state index contributed by atoms with van der Waals surface area (Å²) in [6, 6.07) is 6.72. The molecule has 0 N–H and O–H groups in total. The fourth-order valence-corrected chi connectivity index (χ4v) is 4.33. The van der Waals surface area contributed by atoms with E-state index in [-0.39, 0.29) is 5.91 Å². The van der Waals surface area contributed by atoms with E-state index in [0.29, 0.717) is 11.8 Å². The number of likely N-dealkylation sites (tertiary alicyclic amines) is 1.